The van der Waals surface area contributed by atoms with Crippen molar-refractivity contribution in [3.05, 3.63) is 11.4 Å². The molecule has 1 atom stereocenters. The molecule has 1 aromatic heterocycles. The molecule has 7 nitrogen and oxygen atoms in total. The molecule has 0 aromatic carbocycles. The topological polar surface area (TPSA) is 107 Å². The van der Waals surface area contributed by atoms with Crippen LogP contribution in [-0.2, 0) is 10.0 Å². The van der Waals surface area contributed by atoms with Gasteiger partial charge in [0, 0.05) is 19.6 Å². The molecular formula is C10H20N4O3S. The number of aliphatic hydroxyl groups excluding tert-OH is 1. The van der Waals surface area contributed by atoms with Gasteiger partial charge in [-0.05, 0) is 20.8 Å². The van der Waals surface area contributed by atoms with Crippen LogP contribution in [0.5, 0.6) is 0 Å². The molecular weight excluding hydrogens is 256 g/mol. The molecule has 8 heteroatoms. The number of aromatic nitrogens is 2. The van der Waals surface area contributed by atoms with Crippen LogP contribution in [0.25, 0.3) is 0 Å². The third kappa shape index (κ3) is 4.05. The Hall–Kier alpha value is -0.960. The lowest BCUT2D eigenvalue weighted by Crippen LogP contribution is -2.34. The summed E-state index contributed by atoms with van der Waals surface area (Å²) in [7, 11) is -3.53. The van der Waals surface area contributed by atoms with Gasteiger partial charge in [-0.25, -0.2) is 13.1 Å². The number of nitrogens with one attached hydrogen (secondary N) is 3. The van der Waals surface area contributed by atoms with Gasteiger partial charge in [0.15, 0.2) is 0 Å². The van der Waals surface area contributed by atoms with E-state index in [1.807, 2.05) is 0 Å². The highest BCUT2D eigenvalue weighted by Gasteiger charge is 2.21. The van der Waals surface area contributed by atoms with Crippen molar-refractivity contribution in [3.63, 3.8) is 0 Å². The summed E-state index contributed by atoms with van der Waals surface area (Å²) in [6, 6.07) is 0. The van der Waals surface area contributed by atoms with Crippen molar-refractivity contribution in [2.24, 2.45) is 0 Å². The molecule has 0 radical (unpaired) electrons. The van der Waals surface area contributed by atoms with E-state index in [4.69, 9.17) is 5.11 Å². The van der Waals surface area contributed by atoms with Gasteiger partial charge in [-0.2, -0.15) is 5.10 Å². The van der Waals surface area contributed by atoms with Crippen LogP contribution in [0.2, 0.25) is 0 Å². The number of H-pyrrole nitrogens is 1. The molecule has 0 saturated carbocycles. The monoisotopic (exact) mass is 276 g/mol. The van der Waals surface area contributed by atoms with Crippen LogP contribution in [0.15, 0.2) is 4.90 Å². The minimum Gasteiger partial charge on any atom is -0.392 e. The average Bonchev–Trinajstić information content (AvgIpc) is 2.57. The highest BCUT2D eigenvalue weighted by atomic mass is 32.2. The summed E-state index contributed by atoms with van der Waals surface area (Å²) < 4.78 is 26.5. The van der Waals surface area contributed by atoms with Gasteiger partial charge in [-0.3, -0.25) is 5.10 Å². The van der Waals surface area contributed by atoms with Crippen molar-refractivity contribution >= 4 is 10.0 Å². The Morgan fingerprint density at radius 1 is 1.39 bits per heavy atom. The van der Waals surface area contributed by atoms with E-state index in [0.29, 0.717) is 24.5 Å². The predicted molar refractivity (Wildman–Crippen MR) is 67.8 cm³/mol. The molecule has 0 aliphatic rings. The number of aromatic amines is 1. The Morgan fingerprint density at radius 3 is 2.56 bits per heavy atom. The summed E-state index contributed by atoms with van der Waals surface area (Å²) in [5.41, 5.74) is 0.980. The molecule has 0 amide bonds. The number of rotatable bonds is 7. The summed E-state index contributed by atoms with van der Waals surface area (Å²) >= 11 is 0. The number of hydrogen-bond donors (Lipinski definition) is 4. The van der Waals surface area contributed by atoms with Crippen molar-refractivity contribution in [2.45, 2.75) is 31.8 Å². The molecule has 104 valence electrons. The van der Waals surface area contributed by atoms with E-state index in [9.17, 15) is 8.42 Å². The van der Waals surface area contributed by atoms with E-state index in [0.717, 1.165) is 0 Å². The van der Waals surface area contributed by atoms with E-state index in [1.165, 1.54) is 0 Å². The molecule has 1 rings (SSSR count). The highest BCUT2D eigenvalue weighted by Crippen LogP contribution is 2.15. The summed E-state index contributed by atoms with van der Waals surface area (Å²) in [6.07, 6.45) is -0.444. The van der Waals surface area contributed by atoms with Crippen LogP contribution in [0.3, 0.4) is 0 Å². The van der Waals surface area contributed by atoms with Crippen LogP contribution in [-0.4, -0.2) is 49.5 Å². The van der Waals surface area contributed by atoms with Crippen molar-refractivity contribution < 1.29 is 13.5 Å². The molecule has 1 aromatic rings. The zero-order valence-corrected chi connectivity index (χ0v) is 11.6. The molecule has 18 heavy (non-hydrogen) atoms. The first-order valence-corrected chi connectivity index (χ1v) is 7.23. The van der Waals surface area contributed by atoms with E-state index in [2.05, 4.69) is 20.2 Å². The normalized spacial score (nSPS) is 13.8. The molecule has 0 aliphatic heterocycles. The van der Waals surface area contributed by atoms with Gasteiger partial charge < -0.3 is 10.4 Å². The standard InChI is InChI=1S/C10H20N4O3S/c1-7(15)6-11-4-5-12-18(16,17)10-8(2)13-14-9(10)3/h7,11-12,15H,4-6H2,1-3H3,(H,13,14). The third-order valence-electron chi connectivity index (χ3n) is 2.36. The molecule has 0 fully saturated rings. The maximum Gasteiger partial charge on any atom is 0.244 e. The van der Waals surface area contributed by atoms with E-state index >= 15 is 0 Å². The Morgan fingerprint density at radius 2 is 2.06 bits per heavy atom. The zero-order valence-electron chi connectivity index (χ0n) is 10.8. The Kier molecular flexibility index (Phi) is 5.27. The van der Waals surface area contributed by atoms with Gasteiger partial charge in [0.25, 0.3) is 0 Å². The molecule has 1 heterocycles. The van der Waals surface area contributed by atoms with E-state index in [1.54, 1.807) is 20.8 Å². The summed E-state index contributed by atoms with van der Waals surface area (Å²) in [4.78, 5) is 0.207. The number of nitrogens with zero attached hydrogens (tertiary/aromatic N) is 1. The van der Waals surface area contributed by atoms with Crippen molar-refractivity contribution in [1.82, 2.24) is 20.2 Å². The van der Waals surface area contributed by atoms with Gasteiger partial charge >= 0.3 is 0 Å². The fourth-order valence-electron chi connectivity index (χ4n) is 1.59. The second kappa shape index (κ2) is 6.28. The summed E-state index contributed by atoms with van der Waals surface area (Å²) in [5, 5.41) is 18.5. The zero-order chi connectivity index (χ0) is 13.8. The number of sulfonamides is 1. The Labute approximate surface area is 107 Å². The molecule has 0 bridgehead atoms. The van der Waals surface area contributed by atoms with Crippen LogP contribution in [0.4, 0.5) is 0 Å². The fourth-order valence-corrected chi connectivity index (χ4v) is 2.99. The maximum atomic E-state index is 12.0. The van der Waals surface area contributed by atoms with Gasteiger partial charge in [0.2, 0.25) is 10.0 Å². The minimum atomic E-state index is -3.53. The smallest absolute Gasteiger partial charge is 0.244 e. The first-order valence-electron chi connectivity index (χ1n) is 5.74. The lowest BCUT2D eigenvalue weighted by molar-refractivity contribution is 0.192. The Balaban J connectivity index is 2.51. The van der Waals surface area contributed by atoms with Crippen LogP contribution in [0, 0.1) is 13.8 Å². The fraction of sp³-hybridized carbons (Fsp3) is 0.700. The van der Waals surface area contributed by atoms with Crippen molar-refractivity contribution in [3.8, 4) is 0 Å². The molecule has 0 aliphatic carbocycles. The van der Waals surface area contributed by atoms with Crippen LogP contribution < -0.4 is 10.0 Å². The molecule has 4 N–H and O–H groups in total. The van der Waals surface area contributed by atoms with Gasteiger partial charge in [0.1, 0.15) is 4.90 Å². The van der Waals surface area contributed by atoms with Gasteiger partial charge in [0.05, 0.1) is 17.5 Å². The lowest BCUT2D eigenvalue weighted by atomic mass is 10.4. The van der Waals surface area contributed by atoms with Crippen LogP contribution >= 0.6 is 0 Å². The molecule has 1 unspecified atom stereocenters. The van der Waals surface area contributed by atoms with Crippen molar-refractivity contribution in [2.75, 3.05) is 19.6 Å². The van der Waals surface area contributed by atoms with E-state index < -0.39 is 16.1 Å². The quantitative estimate of drug-likeness (QED) is 0.491. The second-order valence-corrected chi connectivity index (χ2v) is 5.92. The predicted octanol–water partition coefficient (Wildman–Crippen LogP) is -0.725. The van der Waals surface area contributed by atoms with Gasteiger partial charge in [-0.1, -0.05) is 0 Å². The third-order valence-corrected chi connectivity index (χ3v) is 4.09. The maximum absolute atomic E-state index is 12.0. The second-order valence-electron chi connectivity index (χ2n) is 4.21. The minimum absolute atomic E-state index is 0.207. The lowest BCUT2D eigenvalue weighted by Gasteiger charge is -2.09. The largest absolute Gasteiger partial charge is 0.392 e. The molecule has 0 spiro atoms. The van der Waals surface area contributed by atoms with E-state index in [-0.39, 0.29) is 11.4 Å². The SMILES string of the molecule is Cc1n[nH]c(C)c1S(=O)(=O)NCCNCC(C)O. The number of aliphatic hydroxyl groups is 1. The van der Waals surface area contributed by atoms with Crippen molar-refractivity contribution in [1.29, 1.82) is 0 Å². The number of hydrogen-bond acceptors (Lipinski definition) is 5. The summed E-state index contributed by atoms with van der Waals surface area (Å²) in [6.45, 7) is 6.13. The summed E-state index contributed by atoms with van der Waals surface area (Å²) in [5.74, 6) is 0. The van der Waals surface area contributed by atoms with Crippen LogP contribution in [0.1, 0.15) is 18.3 Å². The average molecular weight is 276 g/mol. The molecule has 0 saturated heterocycles. The highest BCUT2D eigenvalue weighted by molar-refractivity contribution is 7.89. The van der Waals surface area contributed by atoms with Gasteiger partial charge in [-0.15, -0.1) is 0 Å². The number of aryl methyl sites for hydroxylation is 2. The first kappa shape index (κ1) is 15.1. The first-order chi connectivity index (χ1) is 8.34. The Bertz CT molecular complexity index is 462.